The van der Waals surface area contributed by atoms with Gasteiger partial charge >= 0.3 is 0 Å². The summed E-state index contributed by atoms with van der Waals surface area (Å²) in [4.78, 5) is 41.6. The molecule has 3 aromatic heterocycles. The highest BCUT2D eigenvalue weighted by Gasteiger charge is 2.34. The zero-order chi connectivity index (χ0) is 30.4. The van der Waals surface area contributed by atoms with Crippen molar-refractivity contribution in [3.63, 3.8) is 0 Å². The van der Waals surface area contributed by atoms with Gasteiger partial charge in [0.25, 0.3) is 0 Å². The van der Waals surface area contributed by atoms with E-state index in [1.165, 1.54) is 6.92 Å². The van der Waals surface area contributed by atoms with Crippen LogP contribution in [0.15, 0.2) is 59.8 Å². The molecule has 5 heterocycles. The number of hydrogen-bond donors (Lipinski definition) is 0. The molecule has 224 valence electrons. The van der Waals surface area contributed by atoms with Crippen molar-refractivity contribution in [3.8, 4) is 11.6 Å². The van der Waals surface area contributed by atoms with E-state index in [4.69, 9.17) is 32.9 Å². The van der Waals surface area contributed by atoms with Crippen molar-refractivity contribution in [1.82, 2.24) is 19.4 Å². The number of Topliss-reactive ketones (excluding diaryl/α,β-unsaturated/α-hetero) is 1. The maximum atomic E-state index is 13.4. The van der Waals surface area contributed by atoms with E-state index in [0.29, 0.717) is 45.4 Å². The standard InChI is InChI=1S/C32H34Cl2N6O3/c1-19-9-11-39(29(19)18-43-32-25(33)6-5-10-35-32)28-13-27-23(12-26(28)34)31(42)24(20(2)41)17-40(27)21-7-8-30(36-14-21)38-15-22(16-38)37(3)4/h5-8,10,12-14,17,19,22,29H,9,11,15-16,18H2,1-4H3/t19-,29-/m0/s1. The average molecular weight is 622 g/mol. The number of anilines is 2. The maximum Gasteiger partial charge on any atom is 0.232 e. The molecule has 0 amide bonds. The minimum absolute atomic E-state index is 0.00755. The number of nitrogens with zero attached hydrogens (tertiary/aromatic N) is 6. The first-order valence-corrected chi connectivity index (χ1v) is 15.2. The van der Waals surface area contributed by atoms with E-state index < -0.39 is 0 Å². The van der Waals surface area contributed by atoms with Crippen molar-refractivity contribution in [1.29, 1.82) is 0 Å². The van der Waals surface area contributed by atoms with Crippen molar-refractivity contribution in [2.45, 2.75) is 32.4 Å². The molecule has 9 nitrogen and oxygen atoms in total. The van der Waals surface area contributed by atoms with Crippen LogP contribution in [0, 0.1) is 5.92 Å². The predicted octanol–water partition coefficient (Wildman–Crippen LogP) is 5.33. The molecule has 0 unspecified atom stereocenters. The summed E-state index contributed by atoms with van der Waals surface area (Å²) in [7, 11) is 4.17. The van der Waals surface area contributed by atoms with Crippen molar-refractivity contribution < 1.29 is 9.53 Å². The Labute approximate surface area is 260 Å². The predicted molar refractivity (Wildman–Crippen MR) is 172 cm³/mol. The van der Waals surface area contributed by atoms with Gasteiger partial charge < -0.3 is 24.0 Å². The lowest BCUT2D eigenvalue weighted by Crippen LogP contribution is -2.57. The molecule has 0 radical (unpaired) electrons. The summed E-state index contributed by atoms with van der Waals surface area (Å²) in [6, 6.07) is 11.6. The molecule has 0 bridgehead atoms. The highest BCUT2D eigenvalue weighted by atomic mass is 35.5. The molecule has 2 atom stereocenters. The number of ether oxygens (including phenoxy) is 1. The number of likely N-dealkylation sites (N-methyl/N-ethyl adjacent to an activating group) is 1. The minimum Gasteiger partial charge on any atom is -0.474 e. The van der Waals surface area contributed by atoms with Gasteiger partial charge in [0, 0.05) is 43.5 Å². The fourth-order valence-corrected chi connectivity index (χ4v) is 6.35. The molecule has 2 aliphatic rings. The first kappa shape index (κ1) is 29.4. The number of hydrogen-bond acceptors (Lipinski definition) is 8. The summed E-state index contributed by atoms with van der Waals surface area (Å²) >= 11 is 13.2. The molecule has 1 aromatic carbocycles. The van der Waals surface area contributed by atoms with E-state index in [0.717, 1.165) is 43.2 Å². The quantitative estimate of drug-likeness (QED) is 0.244. The van der Waals surface area contributed by atoms with Crippen molar-refractivity contribution >= 4 is 51.4 Å². The molecule has 0 N–H and O–H groups in total. The van der Waals surface area contributed by atoms with Gasteiger partial charge in [-0.2, -0.15) is 0 Å². The number of fused-ring (bicyclic) bond motifs is 1. The van der Waals surface area contributed by atoms with Gasteiger partial charge in [-0.25, -0.2) is 9.97 Å². The number of pyridine rings is 3. The number of halogens is 2. The molecule has 2 aliphatic heterocycles. The third-order valence-electron chi connectivity index (χ3n) is 8.69. The number of rotatable bonds is 8. The molecule has 43 heavy (non-hydrogen) atoms. The summed E-state index contributed by atoms with van der Waals surface area (Å²) in [5, 5.41) is 1.27. The van der Waals surface area contributed by atoms with E-state index in [2.05, 4.69) is 40.7 Å². The van der Waals surface area contributed by atoms with E-state index in [-0.39, 0.29) is 22.8 Å². The Hall–Kier alpha value is -3.66. The monoisotopic (exact) mass is 620 g/mol. The summed E-state index contributed by atoms with van der Waals surface area (Å²) in [6.07, 6.45) is 6.00. The highest BCUT2D eigenvalue weighted by molar-refractivity contribution is 6.34. The second kappa shape index (κ2) is 11.8. The third kappa shape index (κ3) is 5.57. The van der Waals surface area contributed by atoms with Crippen molar-refractivity contribution in [3.05, 3.63) is 80.8 Å². The van der Waals surface area contributed by atoms with Crippen LogP contribution in [0.25, 0.3) is 16.6 Å². The van der Waals surface area contributed by atoms with Gasteiger partial charge in [-0.15, -0.1) is 0 Å². The second-order valence-corrected chi connectivity index (χ2v) is 12.5. The molecule has 2 fully saturated rings. The van der Waals surface area contributed by atoms with Crippen LogP contribution >= 0.6 is 23.2 Å². The van der Waals surface area contributed by atoms with Crippen LogP contribution in [-0.4, -0.2) is 77.6 Å². The van der Waals surface area contributed by atoms with Gasteiger partial charge in [0.1, 0.15) is 17.4 Å². The summed E-state index contributed by atoms with van der Waals surface area (Å²) in [5.74, 6) is 1.30. The maximum absolute atomic E-state index is 13.4. The first-order chi connectivity index (χ1) is 20.6. The van der Waals surface area contributed by atoms with Crippen LogP contribution in [0.3, 0.4) is 0 Å². The molecule has 6 rings (SSSR count). The van der Waals surface area contributed by atoms with Crippen molar-refractivity contribution in [2.75, 3.05) is 50.1 Å². The fraction of sp³-hybridized carbons (Fsp3) is 0.375. The zero-order valence-electron chi connectivity index (χ0n) is 24.6. The number of carbonyl (C=O) groups is 1. The SMILES string of the molecule is CC(=O)c1cn(-c2ccc(N3CC(N(C)C)C3)nc2)c2cc(N3CC[C@H](C)[C@@H]3COc3ncccc3Cl)c(Cl)cc2c1=O. The van der Waals surface area contributed by atoms with E-state index in [1.807, 2.05) is 22.8 Å². The van der Waals surface area contributed by atoms with Crippen molar-refractivity contribution in [2.24, 2.45) is 5.92 Å². The van der Waals surface area contributed by atoms with Crippen LogP contribution in [0.2, 0.25) is 10.0 Å². The molecule has 4 aromatic rings. The molecule has 0 aliphatic carbocycles. The largest absolute Gasteiger partial charge is 0.474 e. The lowest BCUT2D eigenvalue weighted by atomic mass is 10.0. The third-order valence-corrected chi connectivity index (χ3v) is 9.28. The number of carbonyl (C=O) groups excluding carboxylic acids is 1. The van der Waals surface area contributed by atoms with Crippen LogP contribution in [0.5, 0.6) is 5.88 Å². The minimum atomic E-state index is -0.341. The Bertz CT molecular complexity index is 1740. The van der Waals surface area contributed by atoms with Crippen LogP contribution in [-0.2, 0) is 0 Å². The van der Waals surface area contributed by atoms with Gasteiger partial charge in [-0.1, -0.05) is 30.1 Å². The molecule has 2 saturated heterocycles. The second-order valence-electron chi connectivity index (χ2n) is 11.6. The van der Waals surface area contributed by atoms with Crippen LogP contribution in [0.1, 0.15) is 30.6 Å². The van der Waals surface area contributed by atoms with E-state index >= 15 is 0 Å². The molecule has 0 saturated carbocycles. The Morgan fingerprint density at radius 2 is 1.91 bits per heavy atom. The first-order valence-electron chi connectivity index (χ1n) is 14.4. The van der Waals surface area contributed by atoms with E-state index in [1.54, 1.807) is 36.8 Å². The Balaban J connectivity index is 1.38. The fourth-order valence-electron chi connectivity index (χ4n) is 5.90. The molecular weight excluding hydrogens is 587 g/mol. The Morgan fingerprint density at radius 3 is 2.58 bits per heavy atom. The average Bonchev–Trinajstić information content (AvgIpc) is 3.31. The Morgan fingerprint density at radius 1 is 1.12 bits per heavy atom. The lowest BCUT2D eigenvalue weighted by molar-refractivity contribution is 0.101. The molecule has 11 heteroatoms. The number of aromatic nitrogens is 3. The number of benzene rings is 1. The van der Waals surface area contributed by atoms with Crippen LogP contribution in [0.4, 0.5) is 11.5 Å². The van der Waals surface area contributed by atoms with Gasteiger partial charge in [0.2, 0.25) is 5.88 Å². The van der Waals surface area contributed by atoms with Gasteiger partial charge in [-0.05, 0) is 69.8 Å². The van der Waals surface area contributed by atoms with E-state index in [9.17, 15) is 9.59 Å². The highest BCUT2D eigenvalue weighted by Crippen LogP contribution is 2.38. The zero-order valence-corrected chi connectivity index (χ0v) is 26.1. The van der Waals surface area contributed by atoms with Crippen LogP contribution < -0.4 is 20.0 Å². The number of ketones is 1. The van der Waals surface area contributed by atoms with Gasteiger partial charge in [0.15, 0.2) is 11.2 Å². The molecule has 0 spiro atoms. The van der Waals surface area contributed by atoms with Gasteiger partial charge in [0.05, 0.1) is 39.7 Å². The topological polar surface area (TPSA) is 83.8 Å². The normalized spacial score (nSPS) is 18.9. The lowest BCUT2D eigenvalue weighted by Gasteiger charge is -2.43. The molecular formula is C32H34Cl2N6O3. The van der Waals surface area contributed by atoms with Gasteiger partial charge in [-0.3, -0.25) is 9.59 Å². The smallest absolute Gasteiger partial charge is 0.232 e. The Kier molecular flexibility index (Phi) is 8.06. The summed E-state index contributed by atoms with van der Waals surface area (Å²) < 4.78 is 7.92. The summed E-state index contributed by atoms with van der Waals surface area (Å²) in [5.41, 5.74) is 1.95. The summed E-state index contributed by atoms with van der Waals surface area (Å²) in [6.45, 7) is 6.57.